The van der Waals surface area contributed by atoms with Gasteiger partial charge in [-0.3, -0.25) is 0 Å². The van der Waals surface area contributed by atoms with E-state index < -0.39 is 12.1 Å². The smallest absolute Gasteiger partial charge is 0.336 e. The molecule has 1 aromatic rings. The van der Waals surface area contributed by atoms with E-state index in [1.165, 1.54) is 6.07 Å². The van der Waals surface area contributed by atoms with Crippen LogP contribution in [0, 0.1) is 0 Å². The second-order valence-corrected chi connectivity index (χ2v) is 3.70. The maximum absolute atomic E-state index is 10.9. The first kappa shape index (κ1) is 9.98. The summed E-state index contributed by atoms with van der Waals surface area (Å²) in [5.41, 5.74) is 0.509. The lowest BCUT2D eigenvalue weighted by Gasteiger charge is -2.28. The molecule has 0 radical (unpaired) electrons. The number of carboxylic acids is 1. The summed E-state index contributed by atoms with van der Waals surface area (Å²) in [6.07, 6.45) is -0.412. The van der Waals surface area contributed by atoms with E-state index in [0.29, 0.717) is 17.7 Å². The molecule has 2 unspecified atom stereocenters. The second kappa shape index (κ2) is 3.55. The van der Waals surface area contributed by atoms with Crippen LogP contribution in [0.15, 0.2) is 18.2 Å². The number of carbonyl (C=O) groups is 1. The molecular formula is C11H12O4. The van der Waals surface area contributed by atoms with Gasteiger partial charge in [0.25, 0.3) is 0 Å². The maximum Gasteiger partial charge on any atom is 0.336 e. The standard InChI is InChI=1S/C11H12O4/c1-6-5-8(12)10-7(11(13)14)3-2-4-9(10)15-6/h2-4,6,8,12H,5H2,1H3,(H,13,14). The van der Waals surface area contributed by atoms with E-state index in [2.05, 4.69) is 0 Å². The minimum absolute atomic E-state index is 0.0865. The van der Waals surface area contributed by atoms with Crippen LogP contribution in [-0.2, 0) is 0 Å². The van der Waals surface area contributed by atoms with Crippen molar-refractivity contribution in [3.05, 3.63) is 29.3 Å². The van der Waals surface area contributed by atoms with Gasteiger partial charge in [-0.15, -0.1) is 0 Å². The zero-order valence-corrected chi connectivity index (χ0v) is 8.30. The Balaban J connectivity index is 2.54. The van der Waals surface area contributed by atoms with E-state index in [1.807, 2.05) is 6.92 Å². The molecule has 2 N–H and O–H groups in total. The Morgan fingerprint density at radius 3 is 2.93 bits per heavy atom. The van der Waals surface area contributed by atoms with Crippen LogP contribution in [0.1, 0.15) is 35.4 Å². The molecule has 0 saturated heterocycles. The summed E-state index contributed by atoms with van der Waals surface area (Å²) in [6.45, 7) is 1.85. The molecule has 0 aliphatic carbocycles. The molecule has 0 bridgehead atoms. The quantitative estimate of drug-likeness (QED) is 0.735. The topological polar surface area (TPSA) is 66.8 Å². The molecule has 0 fully saturated rings. The number of aliphatic hydroxyl groups is 1. The predicted octanol–water partition coefficient (Wildman–Crippen LogP) is 1.59. The minimum atomic E-state index is -1.04. The molecule has 1 heterocycles. The zero-order valence-electron chi connectivity index (χ0n) is 8.30. The van der Waals surface area contributed by atoms with E-state index >= 15 is 0 Å². The number of ether oxygens (including phenoxy) is 1. The van der Waals surface area contributed by atoms with Crippen LogP contribution in [-0.4, -0.2) is 22.3 Å². The first-order chi connectivity index (χ1) is 7.09. The van der Waals surface area contributed by atoms with Crippen LogP contribution in [0.3, 0.4) is 0 Å². The largest absolute Gasteiger partial charge is 0.490 e. The molecule has 0 saturated carbocycles. The van der Waals surface area contributed by atoms with E-state index in [4.69, 9.17) is 9.84 Å². The number of hydrogen-bond donors (Lipinski definition) is 2. The SMILES string of the molecule is CC1CC(O)c2c(cccc2C(=O)O)O1. The van der Waals surface area contributed by atoms with Gasteiger partial charge in [-0.1, -0.05) is 6.07 Å². The number of aromatic carboxylic acids is 1. The van der Waals surface area contributed by atoms with Crippen molar-refractivity contribution in [1.82, 2.24) is 0 Å². The van der Waals surface area contributed by atoms with Crippen molar-refractivity contribution in [3.63, 3.8) is 0 Å². The van der Waals surface area contributed by atoms with Crippen molar-refractivity contribution in [2.45, 2.75) is 25.6 Å². The van der Waals surface area contributed by atoms with Crippen LogP contribution < -0.4 is 4.74 Å². The zero-order chi connectivity index (χ0) is 11.0. The fourth-order valence-electron chi connectivity index (χ4n) is 1.87. The Kier molecular flexibility index (Phi) is 2.36. The van der Waals surface area contributed by atoms with E-state index in [9.17, 15) is 9.90 Å². The van der Waals surface area contributed by atoms with Crippen molar-refractivity contribution in [1.29, 1.82) is 0 Å². The molecular weight excluding hydrogens is 196 g/mol. The van der Waals surface area contributed by atoms with E-state index in [1.54, 1.807) is 12.1 Å². The second-order valence-electron chi connectivity index (χ2n) is 3.70. The molecule has 4 nitrogen and oxygen atoms in total. The average molecular weight is 208 g/mol. The highest BCUT2D eigenvalue weighted by Gasteiger charge is 2.28. The Morgan fingerprint density at radius 1 is 1.53 bits per heavy atom. The van der Waals surface area contributed by atoms with Gasteiger partial charge >= 0.3 is 5.97 Å². The Bertz CT molecular complexity index is 400. The van der Waals surface area contributed by atoms with Crippen LogP contribution in [0.4, 0.5) is 0 Å². The number of fused-ring (bicyclic) bond motifs is 1. The summed E-state index contributed by atoms with van der Waals surface area (Å²) in [4.78, 5) is 10.9. The average Bonchev–Trinajstić information content (AvgIpc) is 2.16. The van der Waals surface area contributed by atoms with Crippen LogP contribution in [0.25, 0.3) is 0 Å². The molecule has 2 atom stereocenters. The van der Waals surface area contributed by atoms with Crippen molar-refractivity contribution in [2.75, 3.05) is 0 Å². The third kappa shape index (κ3) is 1.68. The van der Waals surface area contributed by atoms with E-state index in [-0.39, 0.29) is 11.7 Å². The fraction of sp³-hybridized carbons (Fsp3) is 0.364. The molecule has 0 spiro atoms. The van der Waals surface area contributed by atoms with Gasteiger partial charge in [0, 0.05) is 12.0 Å². The minimum Gasteiger partial charge on any atom is -0.490 e. The molecule has 80 valence electrons. The van der Waals surface area contributed by atoms with Gasteiger partial charge in [-0.2, -0.15) is 0 Å². The summed E-state index contributed by atoms with van der Waals surface area (Å²) in [6, 6.07) is 4.78. The van der Waals surface area contributed by atoms with Gasteiger partial charge in [-0.05, 0) is 19.1 Å². The highest BCUT2D eigenvalue weighted by atomic mass is 16.5. The van der Waals surface area contributed by atoms with Gasteiger partial charge in [0.05, 0.1) is 17.8 Å². The maximum atomic E-state index is 10.9. The number of hydrogen-bond acceptors (Lipinski definition) is 3. The van der Waals surface area contributed by atoms with E-state index in [0.717, 1.165) is 0 Å². The fourth-order valence-corrected chi connectivity index (χ4v) is 1.87. The summed E-state index contributed by atoms with van der Waals surface area (Å²) in [5, 5.41) is 18.8. The lowest BCUT2D eigenvalue weighted by Crippen LogP contribution is -2.24. The Hall–Kier alpha value is -1.55. The summed E-state index contributed by atoms with van der Waals surface area (Å²) in [7, 11) is 0. The highest BCUT2D eigenvalue weighted by molar-refractivity contribution is 5.90. The first-order valence-corrected chi connectivity index (χ1v) is 4.80. The van der Waals surface area contributed by atoms with Crippen molar-refractivity contribution >= 4 is 5.97 Å². The van der Waals surface area contributed by atoms with Gasteiger partial charge in [0.1, 0.15) is 5.75 Å². The molecule has 1 aromatic carbocycles. The molecule has 2 rings (SSSR count). The molecule has 1 aliphatic heterocycles. The third-order valence-electron chi connectivity index (χ3n) is 2.51. The number of rotatable bonds is 1. The molecule has 1 aliphatic rings. The third-order valence-corrected chi connectivity index (χ3v) is 2.51. The number of carboxylic acid groups (broad SMARTS) is 1. The van der Waals surface area contributed by atoms with Crippen molar-refractivity contribution < 1.29 is 19.7 Å². The molecule has 15 heavy (non-hydrogen) atoms. The summed E-state index contributed by atoms with van der Waals surface area (Å²) >= 11 is 0. The highest BCUT2D eigenvalue weighted by Crippen LogP contribution is 2.36. The lowest BCUT2D eigenvalue weighted by molar-refractivity contribution is 0.0623. The molecule has 0 amide bonds. The van der Waals surface area contributed by atoms with Crippen molar-refractivity contribution in [3.8, 4) is 5.75 Å². The predicted molar refractivity (Wildman–Crippen MR) is 53.1 cm³/mol. The van der Waals surface area contributed by atoms with Crippen LogP contribution in [0.5, 0.6) is 5.75 Å². The Morgan fingerprint density at radius 2 is 2.27 bits per heavy atom. The Labute approximate surface area is 87.1 Å². The normalized spacial score (nSPS) is 24.1. The lowest BCUT2D eigenvalue weighted by atomic mass is 9.95. The van der Waals surface area contributed by atoms with Crippen molar-refractivity contribution in [2.24, 2.45) is 0 Å². The van der Waals surface area contributed by atoms with Gasteiger partial charge in [0.2, 0.25) is 0 Å². The first-order valence-electron chi connectivity index (χ1n) is 4.80. The van der Waals surface area contributed by atoms with Gasteiger partial charge < -0.3 is 14.9 Å². The molecule has 0 aromatic heterocycles. The number of benzene rings is 1. The van der Waals surface area contributed by atoms with Crippen LogP contribution in [0.2, 0.25) is 0 Å². The number of aliphatic hydroxyl groups excluding tert-OH is 1. The molecule has 4 heteroatoms. The van der Waals surface area contributed by atoms with Gasteiger partial charge in [-0.25, -0.2) is 4.79 Å². The summed E-state index contributed by atoms with van der Waals surface area (Å²) in [5.74, 6) is -0.565. The monoisotopic (exact) mass is 208 g/mol. The van der Waals surface area contributed by atoms with Crippen LogP contribution >= 0.6 is 0 Å². The summed E-state index contributed by atoms with van der Waals surface area (Å²) < 4.78 is 5.47. The van der Waals surface area contributed by atoms with Gasteiger partial charge in [0.15, 0.2) is 0 Å².